The molecule has 0 aromatic heterocycles. The highest BCUT2D eigenvalue weighted by molar-refractivity contribution is 7.60. The topological polar surface area (TPSA) is 0 Å². The van der Waals surface area contributed by atoms with E-state index in [9.17, 15) is 4.20 Å². The fourth-order valence-electron chi connectivity index (χ4n) is 1.38. The third kappa shape index (κ3) is 3.63. The van der Waals surface area contributed by atoms with Gasteiger partial charge in [-0.2, -0.15) is 4.20 Å². The number of hydrogen-bond donors (Lipinski definition) is 0. The zero-order valence-electron chi connectivity index (χ0n) is 8.33. The van der Waals surface area contributed by atoms with Gasteiger partial charge in [0, 0.05) is 0 Å². The highest BCUT2D eigenvalue weighted by Crippen LogP contribution is 2.21. The molecule has 11 heavy (non-hydrogen) atoms. The lowest BCUT2D eigenvalue weighted by molar-refractivity contribution is 0.937. The third-order valence-electron chi connectivity index (χ3n) is 1.51. The lowest BCUT2D eigenvalue weighted by Crippen LogP contribution is -2.48. The van der Waals surface area contributed by atoms with Gasteiger partial charge in [-0.25, -0.2) is 0 Å². The van der Waals surface area contributed by atoms with Crippen molar-refractivity contribution in [2.45, 2.75) is 39.3 Å². The Morgan fingerprint density at radius 2 is 1.18 bits per heavy atom. The molecule has 0 nitrogen and oxygen atoms in total. The van der Waals surface area contributed by atoms with E-state index < -0.39 is 16.1 Å². The van der Waals surface area contributed by atoms with Gasteiger partial charge in [-0.1, -0.05) is 39.3 Å². The summed E-state index contributed by atoms with van der Waals surface area (Å²) in [5, 5.41) is 0. The molecule has 0 rings (SSSR count). The van der Waals surface area contributed by atoms with Crippen LogP contribution in [0, 0.1) is 0 Å². The normalized spacial score (nSPS) is 13.7. The molecule has 0 heterocycles. The first kappa shape index (κ1) is 11.5. The van der Waals surface area contributed by atoms with Crippen LogP contribution in [-0.2, 0) is 0 Å². The molecule has 0 radical (unpaired) electrons. The van der Waals surface area contributed by atoms with Crippen LogP contribution in [0.1, 0.15) is 0 Å². The van der Waals surface area contributed by atoms with Crippen LogP contribution in [-0.4, -0.2) is 20.7 Å². The maximum atomic E-state index is 12.7. The molecule has 0 amide bonds. The van der Waals surface area contributed by atoms with E-state index in [-0.39, 0.29) is 8.51 Å². The van der Waals surface area contributed by atoms with Crippen molar-refractivity contribution >= 4 is 29.2 Å². The van der Waals surface area contributed by atoms with Gasteiger partial charge in [0.25, 0.3) is 0 Å². The van der Waals surface area contributed by atoms with Crippen LogP contribution >= 0.6 is 8.51 Å². The summed E-state index contributed by atoms with van der Waals surface area (Å²) in [5.41, 5.74) is 0. The first-order chi connectivity index (χ1) is 4.69. The molecule has 4 heteroatoms. The van der Waals surface area contributed by atoms with E-state index in [1.165, 1.54) is 4.54 Å². The summed E-state index contributed by atoms with van der Waals surface area (Å²) in [5.74, 6) is 0. The molecular formula is C7H18FPSi2. The molecule has 0 aromatic carbocycles. The fraction of sp³-hybridized carbons (Fsp3) is 0.857. The van der Waals surface area contributed by atoms with Crippen molar-refractivity contribution in [3.63, 3.8) is 0 Å². The van der Waals surface area contributed by atoms with E-state index in [2.05, 4.69) is 39.3 Å². The minimum Gasteiger partial charge on any atom is -0.186 e. The Morgan fingerprint density at radius 1 is 0.909 bits per heavy atom. The zero-order valence-corrected chi connectivity index (χ0v) is 11.2. The summed E-state index contributed by atoms with van der Waals surface area (Å²) < 4.78 is 13.9. The molecular weight excluding hydrogens is 190 g/mol. The van der Waals surface area contributed by atoms with Gasteiger partial charge in [0.05, 0.1) is 16.1 Å². The zero-order chi connectivity index (χ0) is 9.28. The lowest BCUT2D eigenvalue weighted by Gasteiger charge is -2.28. The standard InChI is InChI=1S/C7H18FPSi2/c1-10(2,3)7(9-8)11(4,5)6/h1-6H3. The minimum absolute atomic E-state index is 0.0579. The Morgan fingerprint density at radius 3 is 1.18 bits per heavy atom. The van der Waals surface area contributed by atoms with Crippen LogP contribution in [0.3, 0.4) is 0 Å². The maximum Gasteiger partial charge on any atom is 0.103 e. The maximum absolute atomic E-state index is 12.7. The van der Waals surface area contributed by atoms with E-state index >= 15 is 0 Å². The van der Waals surface area contributed by atoms with Crippen LogP contribution < -0.4 is 0 Å². The SMILES string of the molecule is C[Si](C)(C)C(=PF)[Si](C)(C)C. The van der Waals surface area contributed by atoms with Crippen molar-refractivity contribution in [1.82, 2.24) is 0 Å². The van der Waals surface area contributed by atoms with Crippen LogP contribution in [0.5, 0.6) is 0 Å². The van der Waals surface area contributed by atoms with Gasteiger partial charge < -0.3 is 0 Å². The molecule has 66 valence electrons. The molecule has 0 N–H and O–H groups in total. The second-order valence-corrected chi connectivity index (χ2v) is 16.9. The molecule has 0 aliphatic rings. The van der Waals surface area contributed by atoms with Gasteiger partial charge in [-0.15, -0.1) is 0 Å². The molecule has 0 unspecified atom stereocenters. The van der Waals surface area contributed by atoms with Crippen molar-refractivity contribution in [2.75, 3.05) is 0 Å². The highest BCUT2D eigenvalue weighted by atomic mass is 31.1. The molecule has 0 aliphatic heterocycles. The predicted octanol–water partition coefficient (Wildman–Crippen LogP) is 3.74. The fourth-order valence-corrected chi connectivity index (χ4v) is 12.4. The van der Waals surface area contributed by atoms with Crippen molar-refractivity contribution in [2.24, 2.45) is 0 Å². The Bertz CT molecular complexity index is 148. The molecule has 0 aromatic rings. The van der Waals surface area contributed by atoms with E-state index in [4.69, 9.17) is 0 Å². The van der Waals surface area contributed by atoms with Crippen LogP contribution in [0.25, 0.3) is 0 Å². The van der Waals surface area contributed by atoms with Gasteiger partial charge >= 0.3 is 0 Å². The summed E-state index contributed by atoms with van der Waals surface area (Å²) in [4.78, 5) is 0. The molecule has 0 saturated heterocycles. The highest BCUT2D eigenvalue weighted by Gasteiger charge is 2.31. The first-order valence-corrected chi connectivity index (χ1v) is 11.7. The van der Waals surface area contributed by atoms with Crippen LogP contribution in [0.2, 0.25) is 39.3 Å². The molecule has 0 saturated carbocycles. The van der Waals surface area contributed by atoms with Crippen LogP contribution in [0.15, 0.2) is 0 Å². The largest absolute Gasteiger partial charge is 0.186 e. The lowest BCUT2D eigenvalue weighted by atomic mass is 11.7. The van der Waals surface area contributed by atoms with Gasteiger partial charge in [0.1, 0.15) is 8.51 Å². The molecule has 0 aliphatic carbocycles. The van der Waals surface area contributed by atoms with Gasteiger partial charge in [0.15, 0.2) is 0 Å². The van der Waals surface area contributed by atoms with Gasteiger partial charge in [-0.3, -0.25) is 0 Å². The average Bonchev–Trinajstić information content (AvgIpc) is 1.56. The van der Waals surface area contributed by atoms with Crippen molar-refractivity contribution in [3.05, 3.63) is 0 Å². The summed E-state index contributed by atoms with van der Waals surface area (Å²) in [6.07, 6.45) is 0. The first-order valence-electron chi connectivity index (χ1n) is 3.89. The monoisotopic (exact) mass is 208 g/mol. The summed E-state index contributed by atoms with van der Waals surface area (Å²) in [6, 6.07) is 0. The molecule has 0 bridgehead atoms. The second-order valence-electron chi connectivity index (χ2n) is 4.93. The van der Waals surface area contributed by atoms with Gasteiger partial charge in [0.2, 0.25) is 0 Å². The van der Waals surface area contributed by atoms with E-state index in [0.29, 0.717) is 0 Å². The Kier molecular flexibility index (Phi) is 3.67. The second kappa shape index (κ2) is 3.50. The Hall–Kier alpha value is 0.534. The number of rotatable bonds is 2. The van der Waals surface area contributed by atoms with Crippen molar-refractivity contribution in [3.8, 4) is 0 Å². The Labute approximate surface area is 73.2 Å². The number of hydrogen-bond acceptors (Lipinski definition) is 0. The van der Waals surface area contributed by atoms with E-state index in [1.807, 2.05) is 0 Å². The summed E-state index contributed by atoms with van der Waals surface area (Å²) >= 11 is 0. The average molecular weight is 208 g/mol. The predicted molar refractivity (Wildman–Crippen MR) is 59.7 cm³/mol. The quantitative estimate of drug-likeness (QED) is 0.479. The third-order valence-corrected chi connectivity index (χ3v) is 13.5. The Balaban J connectivity index is 4.74. The molecule has 0 atom stereocenters. The van der Waals surface area contributed by atoms with Crippen LogP contribution in [0.4, 0.5) is 4.20 Å². The summed E-state index contributed by atoms with van der Waals surface area (Å²) in [6.45, 7) is 13.4. The number of halogens is 1. The molecule has 0 spiro atoms. The smallest absolute Gasteiger partial charge is 0.103 e. The van der Waals surface area contributed by atoms with E-state index in [0.717, 1.165) is 0 Å². The minimum atomic E-state index is -1.33. The summed E-state index contributed by atoms with van der Waals surface area (Å²) in [7, 11) is -2.60. The molecule has 0 fully saturated rings. The van der Waals surface area contributed by atoms with Crippen molar-refractivity contribution < 1.29 is 4.20 Å². The van der Waals surface area contributed by atoms with Gasteiger partial charge in [-0.05, 0) is 4.54 Å². The van der Waals surface area contributed by atoms with Crippen molar-refractivity contribution in [1.29, 1.82) is 0 Å². The van der Waals surface area contributed by atoms with E-state index in [1.54, 1.807) is 0 Å².